The molecule has 3 aromatic carbocycles. The summed E-state index contributed by atoms with van der Waals surface area (Å²) in [7, 11) is -2.51. The first-order valence-electron chi connectivity index (χ1n) is 13.6. The Labute approximate surface area is 238 Å². The van der Waals surface area contributed by atoms with E-state index in [-0.39, 0.29) is 17.3 Å². The van der Waals surface area contributed by atoms with Crippen molar-refractivity contribution in [1.82, 2.24) is 10.2 Å². The third kappa shape index (κ3) is 7.63. The summed E-state index contributed by atoms with van der Waals surface area (Å²) in [6, 6.07) is 21.7. The van der Waals surface area contributed by atoms with Crippen molar-refractivity contribution in [2.24, 2.45) is 0 Å². The van der Waals surface area contributed by atoms with E-state index in [4.69, 9.17) is 4.74 Å². The predicted octanol–water partition coefficient (Wildman–Crippen LogP) is 4.79. The van der Waals surface area contributed by atoms with Gasteiger partial charge in [-0.1, -0.05) is 63.2 Å². The second-order valence-electron chi connectivity index (χ2n) is 9.43. The van der Waals surface area contributed by atoms with Gasteiger partial charge in [-0.15, -0.1) is 0 Å². The fourth-order valence-corrected chi connectivity index (χ4v) is 5.79. The number of aryl methyl sites for hydroxylation is 1. The van der Waals surface area contributed by atoms with E-state index in [1.165, 1.54) is 17.0 Å². The maximum Gasteiger partial charge on any atom is 0.264 e. The lowest BCUT2D eigenvalue weighted by atomic mass is 10.1. The van der Waals surface area contributed by atoms with Crippen molar-refractivity contribution < 1.29 is 22.7 Å². The molecule has 0 aliphatic carbocycles. The van der Waals surface area contributed by atoms with Crippen LogP contribution in [0.3, 0.4) is 0 Å². The maximum absolute atomic E-state index is 14.0. The molecule has 3 rings (SSSR count). The number of amides is 2. The van der Waals surface area contributed by atoms with Crippen LogP contribution >= 0.6 is 0 Å². The van der Waals surface area contributed by atoms with Gasteiger partial charge in [-0.2, -0.15) is 0 Å². The number of methoxy groups -OCH3 is 1. The number of anilines is 1. The Morgan fingerprint density at radius 3 is 2.05 bits per heavy atom. The SMILES string of the molecule is CCCNC(=O)[C@H](CC)N(Cc1ccc(OC)cc1)C(=O)CN(c1ccc(CC)cc1)S(=O)(=O)c1ccccc1. The zero-order valence-electron chi connectivity index (χ0n) is 23.7. The number of carbonyl (C=O) groups excluding carboxylic acids is 2. The molecule has 1 N–H and O–H groups in total. The van der Waals surface area contributed by atoms with Gasteiger partial charge in [0.25, 0.3) is 10.0 Å². The molecule has 0 aliphatic heterocycles. The van der Waals surface area contributed by atoms with Crippen LogP contribution in [0.15, 0.2) is 83.8 Å². The lowest BCUT2D eigenvalue weighted by Crippen LogP contribution is -2.52. The highest BCUT2D eigenvalue weighted by Gasteiger charge is 2.33. The van der Waals surface area contributed by atoms with Crippen molar-refractivity contribution in [2.45, 2.75) is 57.5 Å². The van der Waals surface area contributed by atoms with E-state index < -0.39 is 28.5 Å². The number of rotatable bonds is 14. The summed E-state index contributed by atoms with van der Waals surface area (Å²) in [5.41, 5.74) is 2.22. The Hall–Kier alpha value is -3.85. The quantitative estimate of drug-likeness (QED) is 0.303. The average Bonchev–Trinajstić information content (AvgIpc) is 2.99. The molecular weight excluding hydrogens is 526 g/mol. The van der Waals surface area contributed by atoms with E-state index in [2.05, 4.69) is 5.32 Å². The Balaban J connectivity index is 2.03. The summed E-state index contributed by atoms with van der Waals surface area (Å²) in [4.78, 5) is 28.8. The molecule has 8 nitrogen and oxygen atoms in total. The molecule has 3 aromatic rings. The average molecular weight is 566 g/mol. The van der Waals surface area contributed by atoms with Crippen LogP contribution in [0.4, 0.5) is 5.69 Å². The highest BCUT2D eigenvalue weighted by molar-refractivity contribution is 7.92. The van der Waals surface area contributed by atoms with Gasteiger partial charge in [-0.05, 0) is 66.8 Å². The highest BCUT2D eigenvalue weighted by atomic mass is 32.2. The number of hydrogen-bond donors (Lipinski definition) is 1. The second kappa shape index (κ2) is 14.5. The third-order valence-electron chi connectivity index (χ3n) is 6.69. The molecule has 0 bridgehead atoms. The minimum Gasteiger partial charge on any atom is -0.497 e. The van der Waals surface area contributed by atoms with Crippen LogP contribution in [0.5, 0.6) is 5.75 Å². The molecule has 1 atom stereocenters. The standard InChI is InChI=1S/C31H39N3O5S/c1-5-21-32-31(36)29(7-3)33(22-25-15-19-27(39-4)20-16-25)30(35)23-34(26-17-13-24(6-2)14-18-26)40(37,38)28-11-9-8-10-12-28/h8-20,29H,5-7,21-23H2,1-4H3,(H,32,36)/t29-/m0/s1. The van der Waals surface area contributed by atoms with Gasteiger partial charge in [0.15, 0.2) is 0 Å². The van der Waals surface area contributed by atoms with Gasteiger partial charge < -0.3 is 15.0 Å². The third-order valence-corrected chi connectivity index (χ3v) is 8.48. The number of nitrogens with one attached hydrogen (secondary N) is 1. The fraction of sp³-hybridized carbons (Fsp3) is 0.355. The van der Waals surface area contributed by atoms with Crippen LogP contribution in [0.25, 0.3) is 0 Å². The summed E-state index contributed by atoms with van der Waals surface area (Å²) >= 11 is 0. The molecule has 214 valence electrons. The minimum atomic E-state index is -4.08. The zero-order chi connectivity index (χ0) is 29.1. The second-order valence-corrected chi connectivity index (χ2v) is 11.3. The number of nitrogens with zero attached hydrogens (tertiary/aromatic N) is 2. The molecule has 2 amide bonds. The largest absolute Gasteiger partial charge is 0.497 e. The fourth-order valence-electron chi connectivity index (χ4n) is 4.36. The molecule has 0 saturated heterocycles. The van der Waals surface area contributed by atoms with Crippen molar-refractivity contribution in [1.29, 1.82) is 0 Å². The van der Waals surface area contributed by atoms with Gasteiger partial charge in [0, 0.05) is 13.1 Å². The van der Waals surface area contributed by atoms with E-state index in [1.54, 1.807) is 49.6 Å². The van der Waals surface area contributed by atoms with E-state index in [9.17, 15) is 18.0 Å². The van der Waals surface area contributed by atoms with Gasteiger partial charge in [-0.25, -0.2) is 8.42 Å². The first-order valence-corrected chi connectivity index (χ1v) is 15.1. The number of carbonyl (C=O) groups is 2. The molecule has 0 aliphatic rings. The molecule has 0 radical (unpaired) electrons. The Morgan fingerprint density at radius 1 is 0.875 bits per heavy atom. The monoisotopic (exact) mass is 565 g/mol. The van der Waals surface area contributed by atoms with Crippen molar-refractivity contribution in [3.8, 4) is 5.75 Å². The van der Waals surface area contributed by atoms with Gasteiger partial charge in [0.2, 0.25) is 11.8 Å². The Kier molecular flexibility index (Phi) is 11.1. The molecule has 0 spiro atoms. The van der Waals surface area contributed by atoms with E-state index in [0.29, 0.717) is 24.4 Å². The van der Waals surface area contributed by atoms with Gasteiger partial charge >= 0.3 is 0 Å². The van der Waals surface area contributed by atoms with Crippen molar-refractivity contribution in [2.75, 3.05) is 24.5 Å². The van der Waals surface area contributed by atoms with Crippen LogP contribution in [-0.2, 0) is 32.6 Å². The summed E-state index contributed by atoms with van der Waals surface area (Å²) < 4.78 is 34.1. The molecule has 40 heavy (non-hydrogen) atoms. The predicted molar refractivity (Wildman–Crippen MR) is 158 cm³/mol. The number of sulfonamides is 1. The molecule has 0 aromatic heterocycles. The highest BCUT2D eigenvalue weighted by Crippen LogP contribution is 2.25. The molecule has 0 heterocycles. The first kappa shape index (κ1) is 30.7. The number of ether oxygens (including phenoxy) is 1. The molecule has 0 unspecified atom stereocenters. The van der Waals surface area contributed by atoms with Crippen LogP contribution in [0.2, 0.25) is 0 Å². The van der Waals surface area contributed by atoms with Crippen LogP contribution in [-0.4, -0.2) is 51.4 Å². The first-order chi connectivity index (χ1) is 19.2. The van der Waals surface area contributed by atoms with Crippen molar-refractivity contribution in [3.05, 3.63) is 90.0 Å². The molecular formula is C31H39N3O5S. The summed E-state index contributed by atoms with van der Waals surface area (Å²) in [5, 5.41) is 2.89. The van der Waals surface area contributed by atoms with Crippen LogP contribution in [0, 0.1) is 0 Å². The molecule has 0 saturated carbocycles. The normalized spacial score (nSPS) is 11.9. The minimum absolute atomic E-state index is 0.0804. The maximum atomic E-state index is 14.0. The summed E-state index contributed by atoms with van der Waals surface area (Å²) in [6.07, 6.45) is 1.92. The lowest BCUT2D eigenvalue weighted by Gasteiger charge is -2.33. The Morgan fingerprint density at radius 2 is 1.50 bits per heavy atom. The number of hydrogen-bond acceptors (Lipinski definition) is 5. The number of benzene rings is 3. The van der Waals surface area contributed by atoms with Crippen LogP contribution < -0.4 is 14.4 Å². The van der Waals surface area contributed by atoms with Crippen molar-refractivity contribution >= 4 is 27.5 Å². The van der Waals surface area contributed by atoms with Gasteiger partial charge in [0.05, 0.1) is 17.7 Å². The topological polar surface area (TPSA) is 96.0 Å². The Bertz CT molecular complexity index is 1340. The van der Waals surface area contributed by atoms with E-state index in [1.807, 2.05) is 45.0 Å². The molecule has 0 fully saturated rings. The molecule has 9 heteroatoms. The zero-order valence-corrected chi connectivity index (χ0v) is 24.5. The van der Waals surface area contributed by atoms with Gasteiger partial charge in [-0.3, -0.25) is 13.9 Å². The van der Waals surface area contributed by atoms with E-state index in [0.717, 1.165) is 28.3 Å². The summed E-state index contributed by atoms with van der Waals surface area (Å²) in [6.45, 7) is 5.97. The van der Waals surface area contributed by atoms with E-state index >= 15 is 0 Å². The smallest absolute Gasteiger partial charge is 0.264 e. The van der Waals surface area contributed by atoms with Crippen LogP contribution in [0.1, 0.15) is 44.7 Å². The van der Waals surface area contributed by atoms with Crippen molar-refractivity contribution in [3.63, 3.8) is 0 Å². The van der Waals surface area contributed by atoms with Gasteiger partial charge in [0.1, 0.15) is 18.3 Å². The lowest BCUT2D eigenvalue weighted by molar-refractivity contribution is -0.140. The summed E-state index contributed by atoms with van der Waals surface area (Å²) in [5.74, 6) is -0.0746.